The molecule has 0 aromatic heterocycles. The van der Waals surface area contributed by atoms with Gasteiger partial charge in [0.15, 0.2) is 17.9 Å². The number of rotatable bonds is 3. The number of carbonyl (C=O) groups excluding carboxylic acids is 1. The standard InChI is InChI=1S/C22H28FN3O2/c1-13(23)28-17-7-9-21(10-8-17)12-16-6-5-15(14-3-4-14)11-18(16)22(21)19(27)26(2)20(24)25-22/h5-6,11,13-14,17H,3-4,7-10,12H2,1-2H3,(H2,24,25). The van der Waals surface area contributed by atoms with Gasteiger partial charge in [-0.2, -0.15) is 0 Å². The molecule has 1 aromatic rings. The second-order valence-corrected chi connectivity index (χ2v) is 9.07. The summed E-state index contributed by atoms with van der Waals surface area (Å²) in [6, 6.07) is 6.64. The van der Waals surface area contributed by atoms with Crippen molar-refractivity contribution in [2.75, 3.05) is 7.05 Å². The molecule has 1 amide bonds. The van der Waals surface area contributed by atoms with Crippen molar-refractivity contribution in [3.05, 3.63) is 34.9 Å². The van der Waals surface area contributed by atoms with Crippen molar-refractivity contribution < 1.29 is 13.9 Å². The zero-order valence-corrected chi connectivity index (χ0v) is 16.6. The molecule has 5 nitrogen and oxygen atoms in total. The monoisotopic (exact) mass is 385 g/mol. The predicted octanol–water partition coefficient (Wildman–Crippen LogP) is 3.36. The Balaban J connectivity index is 1.58. The fraction of sp³-hybridized carbons (Fsp3) is 0.636. The summed E-state index contributed by atoms with van der Waals surface area (Å²) in [6.45, 7) is 1.43. The molecule has 2 N–H and O–H groups in total. The Labute approximate surface area is 165 Å². The number of hydrogen-bond acceptors (Lipinski definition) is 4. The van der Waals surface area contributed by atoms with E-state index in [9.17, 15) is 9.18 Å². The van der Waals surface area contributed by atoms with Crippen LogP contribution in [0.1, 0.15) is 68.1 Å². The first-order chi connectivity index (χ1) is 13.4. The van der Waals surface area contributed by atoms with Crippen molar-refractivity contribution in [3.8, 4) is 0 Å². The minimum atomic E-state index is -1.26. The van der Waals surface area contributed by atoms with Crippen molar-refractivity contribution in [1.29, 1.82) is 0 Å². The first-order valence-electron chi connectivity index (χ1n) is 10.4. The van der Waals surface area contributed by atoms with Crippen molar-refractivity contribution in [1.82, 2.24) is 4.90 Å². The molecule has 1 heterocycles. The molecule has 6 heteroatoms. The number of benzene rings is 1. The molecule has 3 aliphatic carbocycles. The van der Waals surface area contributed by atoms with Crippen LogP contribution in [0.2, 0.25) is 0 Å². The molecule has 1 aliphatic heterocycles. The van der Waals surface area contributed by atoms with Gasteiger partial charge in [0.2, 0.25) is 0 Å². The molecule has 0 saturated heterocycles. The molecule has 4 aliphatic rings. The highest BCUT2D eigenvalue weighted by molar-refractivity contribution is 6.08. The highest BCUT2D eigenvalue weighted by Gasteiger charge is 2.66. The largest absolute Gasteiger partial charge is 0.369 e. The third-order valence-corrected chi connectivity index (χ3v) is 7.38. The summed E-state index contributed by atoms with van der Waals surface area (Å²) in [5, 5.41) is 0. The second kappa shape index (κ2) is 6.02. The lowest BCUT2D eigenvalue weighted by Crippen LogP contribution is -2.51. The van der Waals surface area contributed by atoms with Crippen LogP contribution < -0.4 is 5.73 Å². The van der Waals surface area contributed by atoms with Crippen LogP contribution in [0.5, 0.6) is 0 Å². The number of nitrogens with zero attached hydrogens (tertiary/aromatic N) is 2. The molecule has 0 bridgehead atoms. The van der Waals surface area contributed by atoms with E-state index < -0.39 is 11.9 Å². The Morgan fingerprint density at radius 2 is 2.00 bits per heavy atom. The fourth-order valence-corrected chi connectivity index (χ4v) is 5.78. The van der Waals surface area contributed by atoms with Crippen LogP contribution in [0.3, 0.4) is 0 Å². The maximum Gasteiger partial charge on any atom is 0.262 e. The topological polar surface area (TPSA) is 67.9 Å². The number of hydrogen-bond donors (Lipinski definition) is 1. The van der Waals surface area contributed by atoms with Gasteiger partial charge in [-0.15, -0.1) is 0 Å². The molecule has 2 unspecified atom stereocenters. The Morgan fingerprint density at radius 3 is 2.57 bits per heavy atom. The van der Waals surface area contributed by atoms with Crippen molar-refractivity contribution in [2.24, 2.45) is 16.1 Å². The fourth-order valence-electron chi connectivity index (χ4n) is 5.78. The van der Waals surface area contributed by atoms with E-state index in [0.717, 1.165) is 37.7 Å². The minimum Gasteiger partial charge on any atom is -0.369 e. The molecular formula is C22H28FN3O2. The molecule has 1 aromatic carbocycles. The van der Waals surface area contributed by atoms with Crippen LogP contribution in [-0.2, 0) is 21.5 Å². The summed E-state index contributed by atoms with van der Waals surface area (Å²) < 4.78 is 18.8. The highest BCUT2D eigenvalue weighted by atomic mass is 19.1. The van der Waals surface area contributed by atoms with Gasteiger partial charge in [0, 0.05) is 12.5 Å². The lowest BCUT2D eigenvalue weighted by molar-refractivity contribution is -0.140. The number of amides is 1. The number of nitrogens with two attached hydrogens (primary N) is 1. The van der Waals surface area contributed by atoms with E-state index >= 15 is 0 Å². The summed E-state index contributed by atoms with van der Waals surface area (Å²) in [7, 11) is 1.71. The van der Waals surface area contributed by atoms with Crippen LogP contribution in [0.4, 0.5) is 4.39 Å². The van der Waals surface area contributed by atoms with Gasteiger partial charge < -0.3 is 10.5 Å². The number of fused-ring (bicyclic) bond motifs is 3. The van der Waals surface area contributed by atoms with Crippen LogP contribution >= 0.6 is 0 Å². The summed E-state index contributed by atoms with van der Waals surface area (Å²) in [6.07, 6.45) is 4.96. The average molecular weight is 385 g/mol. The zero-order valence-electron chi connectivity index (χ0n) is 16.6. The van der Waals surface area contributed by atoms with Gasteiger partial charge in [0.1, 0.15) is 0 Å². The van der Waals surface area contributed by atoms with Crippen LogP contribution in [0.25, 0.3) is 0 Å². The first-order valence-corrected chi connectivity index (χ1v) is 10.4. The number of likely N-dealkylation sites (N-methyl/N-ethyl adjacent to an activating group) is 1. The number of guanidine groups is 1. The van der Waals surface area contributed by atoms with Gasteiger partial charge in [-0.3, -0.25) is 9.69 Å². The van der Waals surface area contributed by atoms with Gasteiger partial charge in [0.05, 0.1) is 6.10 Å². The quantitative estimate of drug-likeness (QED) is 0.867. The van der Waals surface area contributed by atoms with E-state index in [4.69, 9.17) is 15.5 Å². The number of carbonyl (C=O) groups is 1. The van der Waals surface area contributed by atoms with Crippen LogP contribution in [-0.4, -0.2) is 36.3 Å². The SMILES string of the molecule is CC(F)OC1CCC2(CC1)Cc1ccc(C3CC3)cc1C21N=C(N)N(C)C1=O. The lowest BCUT2D eigenvalue weighted by atomic mass is 9.61. The zero-order chi connectivity index (χ0) is 19.7. The molecule has 5 rings (SSSR count). The number of aliphatic imine (C=N–C) groups is 1. The van der Waals surface area contributed by atoms with Crippen molar-refractivity contribution in [3.63, 3.8) is 0 Å². The van der Waals surface area contributed by atoms with Crippen LogP contribution in [0, 0.1) is 5.41 Å². The predicted molar refractivity (Wildman–Crippen MR) is 105 cm³/mol. The van der Waals surface area contributed by atoms with Gasteiger partial charge in [-0.05, 0) is 74.5 Å². The molecule has 2 fully saturated rings. The van der Waals surface area contributed by atoms with E-state index in [2.05, 4.69) is 18.2 Å². The Morgan fingerprint density at radius 1 is 1.29 bits per heavy atom. The molecule has 2 spiro atoms. The average Bonchev–Trinajstić information content (AvgIpc) is 3.44. The Kier molecular flexibility index (Phi) is 3.89. The summed E-state index contributed by atoms with van der Waals surface area (Å²) in [4.78, 5) is 19.9. The maximum atomic E-state index is 13.6. The summed E-state index contributed by atoms with van der Waals surface area (Å²) in [5.41, 5.74) is 8.49. The summed E-state index contributed by atoms with van der Waals surface area (Å²) >= 11 is 0. The lowest BCUT2D eigenvalue weighted by Gasteiger charge is -2.45. The van der Waals surface area contributed by atoms with E-state index in [1.165, 1.54) is 35.8 Å². The molecule has 150 valence electrons. The highest BCUT2D eigenvalue weighted by Crippen LogP contribution is 2.62. The maximum absolute atomic E-state index is 13.6. The van der Waals surface area contributed by atoms with E-state index in [-0.39, 0.29) is 17.4 Å². The normalized spacial score (nSPS) is 35.5. The van der Waals surface area contributed by atoms with Gasteiger partial charge in [-0.25, -0.2) is 9.38 Å². The third-order valence-electron chi connectivity index (χ3n) is 7.38. The number of alkyl halides is 1. The Hall–Kier alpha value is -1.95. The molecule has 2 saturated carbocycles. The number of ether oxygens (including phenoxy) is 1. The minimum absolute atomic E-state index is 0.0186. The van der Waals surface area contributed by atoms with E-state index in [1.807, 2.05) is 0 Å². The third kappa shape index (κ3) is 2.39. The van der Waals surface area contributed by atoms with Crippen molar-refractivity contribution >= 4 is 11.9 Å². The smallest absolute Gasteiger partial charge is 0.262 e. The Bertz CT molecular complexity index is 855. The van der Waals surface area contributed by atoms with Gasteiger partial charge in [-0.1, -0.05) is 18.2 Å². The second-order valence-electron chi connectivity index (χ2n) is 9.07. The van der Waals surface area contributed by atoms with E-state index in [1.54, 1.807) is 7.05 Å². The van der Waals surface area contributed by atoms with Gasteiger partial charge >= 0.3 is 0 Å². The van der Waals surface area contributed by atoms with Crippen molar-refractivity contribution in [2.45, 2.75) is 75.8 Å². The van der Waals surface area contributed by atoms with E-state index in [0.29, 0.717) is 11.9 Å². The molecular weight excluding hydrogens is 357 g/mol. The molecule has 0 radical (unpaired) electrons. The molecule has 28 heavy (non-hydrogen) atoms. The number of halogens is 1. The first kappa shape index (κ1) is 18.1. The van der Waals surface area contributed by atoms with Crippen LogP contribution in [0.15, 0.2) is 23.2 Å². The molecule has 2 atom stereocenters. The summed E-state index contributed by atoms with van der Waals surface area (Å²) in [5.74, 6) is 0.893. The van der Waals surface area contributed by atoms with Gasteiger partial charge in [0.25, 0.3) is 5.91 Å².